The predicted molar refractivity (Wildman–Crippen MR) is 75.3 cm³/mol. The first-order chi connectivity index (χ1) is 9.72. The minimum absolute atomic E-state index is 0.0762. The van der Waals surface area contributed by atoms with E-state index in [4.69, 9.17) is 4.42 Å². The molecule has 0 aliphatic carbocycles. The van der Waals surface area contributed by atoms with Crippen LogP contribution in [0.5, 0.6) is 0 Å². The summed E-state index contributed by atoms with van der Waals surface area (Å²) in [5.74, 6) is 0.0795. The predicted octanol–water partition coefficient (Wildman–Crippen LogP) is 2.14. The summed E-state index contributed by atoms with van der Waals surface area (Å²) in [7, 11) is 0. The van der Waals surface area contributed by atoms with Gasteiger partial charge in [0.2, 0.25) is 5.91 Å². The third kappa shape index (κ3) is 3.62. The van der Waals surface area contributed by atoms with Crippen molar-refractivity contribution in [3.05, 3.63) is 24.2 Å². The van der Waals surface area contributed by atoms with E-state index in [2.05, 4.69) is 0 Å². The maximum atomic E-state index is 12.2. The first-order valence-corrected chi connectivity index (χ1v) is 7.31. The number of furan rings is 1. The smallest absolute Gasteiger partial charge is 0.257 e. The van der Waals surface area contributed by atoms with E-state index >= 15 is 0 Å². The van der Waals surface area contributed by atoms with E-state index in [0.717, 1.165) is 25.9 Å². The Morgan fingerprint density at radius 1 is 1.30 bits per heavy atom. The Kier molecular flexibility index (Phi) is 5.21. The summed E-state index contributed by atoms with van der Waals surface area (Å²) in [5, 5.41) is 0. The number of piperidine rings is 1. The highest BCUT2D eigenvalue weighted by Crippen LogP contribution is 2.11. The lowest BCUT2D eigenvalue weighted by Crippen LogP contribution is -2.39. The Labute approximate surface area is 119 Å². The number of likely N-dealkylation sites (tertiary alicyclic amines) is 1. The molecule has 0 unspecified atom stereocenters. The summed E-state index contributed by atoms with van der Waals surface area (Å²) in [6, 6.07) is 1.65. The standard InChI is InChI=1S/C15H22N2O3/c1-2-16(15(19)13-7-11-20-12-13)10-6-14(18)17-8-4-3-5-9-17/h7,11-12H,2-6,8-10H2,1H3. The zero-order chi connectivity index (χ0) is 14.4. The number of hydrogen-bond acceptors (Lipinski definition) is 3. The topological polar surface area (TPSA) is 53.8 Å². The van der Waals surface area contributed by atoms with E-state index in [-0.39, 0.29) is 11.8 Å². The largest absolute Gasteiger partial charge is 0.472 e. The van der Waals surface area contributed by atoms with Gasteiger partial charge < -0.3 is 14.2 Å². The van der Waals surface area contributed by atoms with Crippen molar-refractivity contribution in [2.45, 2.75) is 32.6 Å². The summed E-state index contributed by atoms with van der Waals surface area (Å²) in [4.78, 5) is 27.9. The summed E-state index contributed by atoms with van der Waals surface area (Å²) >= 11 is 0. The molecule has 1 aromatic rings. The monoisotopic (exact) mass is 278 g/mol. The minimum Gasteiger partial charge on any atom is -0.472 e. The van der Waals surface area contributed by atoms with Crippen molar-refractivity contribution in [3.8, 4) is 0 Å². The quantitative estimate of drug-likeness (QED) is 0.829. The summed E-state index contributed by atoms with van der Waals surface area (Å²) in [6.07, 6.45) is 6.73. The van der Waals surface area contributed by atoms with Crippen molar-refractivity contribution in [1.29, 1.82) is 0 Å². The third-order valence-corrected chi connectivity index (χ3v) is 3.74. The van der Waals surface area contributed by atoms with Crippen LogP contribution >= 0.6 is 0 Å². The fourth-order valence-corrected chi connectivity index (χ4v) is 2.50. The number of nitrogens with zero attached hydrogens (tertiary/aromatic N) is 2. The van der Waals surface area contributed by atoms with Crippen LogP contribution in [-0.4, -0.2) is 47.8 Å². The zero-order valence-electron chi connectivity index (χ0n) is 12.0. The summed E-state index contributed by atoms with van der Waals surface area (Å²) in [6.45, 7) is 4.71. The van der Waals surface area contributed by atoms with Crippen LogP contribution in [0.4, 0.5) is 0 Å². The Balaban J connectivity index is 1.84. The van der Waals surface area contributed by atoms with Gasteiger partial charge in [0.05, 0.1) is 11.8 Å². The molecule has 0 spiro atoms. The average Bonchev–Trinajstić information content (AvgIpc) is 3.02. The van der Waals surface area contributed by atoms with Gasteiger partial charge in [-0.25, -0.2) is 0 Å². The number of hydrogen-bond donors (Lipinski definition) is 0. The molecule has 2 amide bonds. The van der Waals surface area contributed by atoms with Gasteiger partial charge in [0.1, 0.15) is 6.26 Å². The Morgan fingerprint density at radius 2 is 2.05 bits per heavy atom. The molecule has 1 aliphatic heterocycles. The molecule has 5 heteroatoms. The van der Waals surface area contributed by atoms with Gasteiger partial charge in [0, 0.05) is 32.6 Å². The van der Waals surface area contributed by atoms with Crippen LogP contribution in [0.25, 0.3) is 0 Å². The molecule has 5 nitrogen and oxygen atoms in total. The molecule has 1 fully saturated rings. The number of carbonyl (C=O) groups is 2. The molecule has 0 aromatic carbocycles. The van der Waals surface area contributed by atoms with Gasteiger partial charge in [-0.1, -0.05) is 0 Å². The molecular formula is C15H22N2O3. The van der Waals surface area contributed by atoms with E-state index < -0.39 is 0 Å². The molecule has 0 bridgehead atoms. The molecule has 110 valence electrons. The highest BCUT2D eigenvalue weighted by atomic mass is 16.3. The number of rotatable bonds is 5. The molecule has 0 radical (unpaired) electrons. The lowest BCUT2D eigenvalue weighted by Gasteiger charge is -2.28. The Bertz CT molecular complexity index is 436. The highest BCUT2D eigenvalue weighted by molar-refractivity contribution is 5.94. The molecule has 0 N–H and O–H groups in total. The molecule has 2 heterocycles. The SMILES string of the molecule is CCN(CCC(=O)N1CCCCC1)C(=O)c1ccoc1. The van der Waals surface area contributed by atoms with Crippen molar-refractivity contribution < 1.29 is 14.0 Å². The number of amides is 2. The van der Waals surface area contributed by atoms with Crippen molar-refractivity contribution in [2.75, 3.05) is 26.2 Å². The molecular weight excluding hydrogens is 256 g/mol. The molecule has 1 saturated heterocycles. The molecule has 1 aromatic heterocycles. The van der Waals surface area contributed by atoms with Crippen LogP contribution in [0.3, 0.4) is 0 Å². The van der Waals surface area contributed by atoms with Gasteiger partial charge in [-0.05, 0) is 32.3 Å². The van der Waals surface area contributed by atoms with E-state index in [1.54, 1.807) is 11.0 Å². The van der Waals surface area contributed by atoms with Crippen molar-refractivity contribution in [2.24, 2.45) is 0 Å². The van der Waals surface area contributed by atoms with Crippen LogP contribution < -0.4 is 0 Å². The van der Waals surface area contributed by atoms with Gasteiger partial charge in [0.15, 0.2) is 0 Å². The third-order valence-electron chi connectivity index (χ3n) is 3.74. The van der Waals surface area contributed by atoms with Gasteiger partial charge in [0.25, 0.3) is 5.91 Å². The fourth-order valence-electron chi connectivity index (χ4n) is 2.50. The lowest BCUT2D eigenvalue weighted by molar-refractivity contribution is -0.132. The van der Waals surface area contributed by atoms with E-state index in [9.17, 15) is 9.59 Å². The van der Waals surface area contributed by atoms with Crippen LogP contribution in [0.2, 0.25) is 0 Å². The normalized spacial score (nSPS) is 15.2. The van der Waals surface area contributed by atoms with Crippen LogP contribution in [0.1, 0.15) is 43.0 Å². The molecule has 2 rings (SSSR count). The Morgan fingerprint density at radius 3 is 2.65 bits per heavy atom. The maximum Gasteiger partial charge on any atom is 0.257 e. The lowest BCUT2D eigenvalue weighted by atomic mass is 10.1. The molecule has 1 aliphatic rings. The molecule has 0 atom stereocenters. The summed E-state index contributed by atoms with van der Waals surface area (Å²) < 4.78 is 4.93. The average molecular weight is 278 g/mol. The maximum absolute atomic E-state index is 12.2. The summed E-state index contributed by atoms with van der Waals surface area (Å²) in [5.41, 5.74) is 0.539. The van der Waals surface area contributed by atoms with Crippen molar-refractivity contribution >= 4 is 11.8 Å². The fraction of sp³-hybridized carbons (Fsp3) is 0.600. The second-order valence-electron chi connectivity index (χ2n) is 5.09. The highest BCUT2D eigenvalue weighted by Gasteiger charge is 2.20. The van der Waals surface area contributed by atoms with Gasteiger partial charge in [-0.15, -0.1) is 0 Å². The molecule has 20 heavy (non-hydrogen) atoms. The van der Waals surface area contributed by atoms with Gasteiger partial charge in [-0.2, -0.15) is 0 Å². The van der Waals surface area contributed by atoms with Gasteiger partial charge >= 0.3 is 0 Å². The van der Waals surface area contributed by atoms with Crippen LogP contribution in [-0.2, 0) is 4.79 Å². The Hall–Kier alpha value is -1.78. The van der Waals surface area contributed by atoms with Crippen LogP contribution in [0.15, 0.2) is 23.0 Å². The second kappa shape index (κ2) is 7.12. The van der Waals surface area contributed by atoms with Crippen molar-refractivity contribution in [3.63, 3.8) is 0 Å². The second-order valence-corrected chi connectivity index (χ2v) is 5.09. The first kappa shape index (κ1) is 14.6. The van der Waals surface area contributed by atoms with E-state index in [1.807, 2.05) is 11.8 Å². The number of carbonyl (C=O) groups excluding carboxylic acids is 2. The zero-order valence-corrected chi connectivity index (χ0v) is 12.0. The van der Waals surface area contributed by atoms with E-state index in [0.29, 0.717) is 25.1 Å². The van der Waals surface area contributed by atoms with Gasteiger partial charge in [-0.3, -0.25) is 9.59 Å². The van der Waals surface area contributed by atoms with E-state index in [1.165, 1.54) is 18.9 Å². The minimum atomic E-state index is -0.0762. The van der Waals surface area contributed by atoms with Crippen LogP contribution in [0, 0.1) is 0 Å². The first-order valence-electron chi connectivity index (χ1n) is 7.31. The van der Waals surface area contributed by atoms with Crippen molar-refractivity contribution in [1.82, 2.24) is 9.80 Å². The molecule has 0 saturated carbocycles.